The van der Waals surface area contributed by atoms with E-state index in [9.17, 15) is 9.18 Å². The van der Waals surface area contributed by atoms with Gasteiger partial charge in [-0.05, 0) is 37.3 Å². The smallest absolute Gasteiger partial charge is 0.339 e. The molecule has 1 heterocycles. The number of aromatic nitrogens is 2. The highest BCUT2D eigenvalue weighted by Gasteiger charge is 2.12. The van der Waals surface area contributed by atoms with E-state index >= 15 is 0 Å². The Morgan fingerprint density at radius 3 is 2.62 bits per heavy atom. The van der Waals surface area contributed by atoms with Gasteiger partial charge >= 0.3 is 5.97 Å². The number of anilines is 4. The van der Waals surface area contributed by atoms with Crippen molar-refractivity contribution in [2.45, 2.75) is 6.92 Å². The molecule has 0 aliphatic rings. The summed E-state index contributed by atoms with van der Waals surface area (Å²) in [6.07, 6.45) is 0. The summed E-state index contributed by atoms with van der Waals surface area (Å²) in [7, 11) is 1.33. The van der Waals surface area contributed by atoms with Gasteiger partial charge in [-0.2, -0.15) is 4.98 Å². The van der Waals surface area contributed by atoms with Crippen LogP contribution < -0.4 is 10.6 Å². The van der Waals surface area contributed by atoms with Gasteiger partial charge in [0, 0.05) is 17.4 Å². The number of para-hydroxylation sites is 1. The van der Waals surface area contributed by atoms with Crippen molar-refractivity contribution >= 4 is 29.1 Å². The van der Waals surface area contributed by atoms with Crippen LogP contribution in [0.25, 0.3) is 0 Å². The molecule has 0 fully saturated rings. The van der Waals surface area contributed by atoms with Crippen molar-refractivity contribution in [3.05, 3.63) is 71.7 Å². The van der Waals surface area contributed by atoms with E-state index in [2.05, 4.69) is 20.6 Å². The number of benzene rings is 2. The van der Waals surface area contributed by atoms with Crippen LogP contribution in [0.1, 0.15) is 16.1 Å². The highest BCUT2D eigenvalue weighted by atomic mass is 19.1. The average molecular weight is 352 g/mol. The Morgan fingerprint density at radius 1 is 1.04 bits per heavy atom. The van der Waals surface area contributed by atoms with Gasteiger partial charge in [-0.15, -0.1) is 0 Å². The standard InChI is InChI=1S/C19H17FN4O2/c1-12-10-17(23-16-9-4-3-8-15(16)18(25)26-2)24-19(21-12)22-14-7-5-6-13(20)11-14/h3-11H,1-2H3,(H2,21,22,23,24). The molecule has 0 saturated carbocycles. The van der Waals surface area contributed by atoms with Crippen LogP contribution >= 0.6 is 0 Å². The summed E-state index contributed by atoms with van der Waals surface area (Å²) in [5.41, 5.74) is 2.20. The highest BCUT2D eigenvalue weighted by molar-refractivity contribution is 5.96. The summed E-state index contributed by atoms with van der Waals surface area (Å²) >= 11 is 0. The van der Waals surface area contributed by atoms with E-state index in [1.54, 1.807) is 42.5 Å². The van der Waals surface area contributed by atoms with Gasteiger partial charge in [0.1, 0.15) is 11.6 Å². The van der Waals surface area contributed by atoms with Crippen LogP contribution in [0.5, 0.6) is 0 Å². The number of carbonyl (C=O) groups is 1. The fourth-order valence-electron chi connectivity index (χ4n) is 2.40. The van der Waals surface area contributed by atoms with Gasteiger partial charge in [0.2, 0.25) is 5.95 Å². The molecule has 6 nitrogen and oxygen atoms in total. The molecule has 3 aromatic rings. The third kappa shape index (κ3) is 4.13. The van der Waals surface area contributed by atoms with Crippen LogP contribution in [0.4, 0.5) is 27.5 Å². The minimum atomic E-state index is -0.447. The van der Waals surface area contributed by atoms with Crippen molar-refractivity contribution < 1.29 is 13.9 Å². The SMILES string of the molecule is COC(=O)c1ccccc1Nc1cc(C)nc(Nc2cccc(F)c2)n1. The third-order valence-corrected chi connectivity index (χ3v) is 3.53. The maximum Gasteiger partial charge on any atom is 0.339 e. The van der Waals surface area contributed by atoms with Crippen molar-refractivity contribution in [1.82, 2.24) is 9.97 Å². The number of halogens is 1. The first-order chi connectivity index (χ1) is 12.5. The van der Waals surface area contributed by atoms with Crippen LogP contribution in [-0.4, -0.2) is 23.0 Å². The van der Waals surface area contributed by atoms with Gasteiger partial charge in [0.15, 0.2) is 0 Å². The number of ether oxygens (including phenoxy) is 1. The molecule has 0 atom stereocenters. The zero-order valence-corrected chi connectivity index (χ0v) is 14.3. The fraction of sp³-hybridized carbons (Fsp3) is 0.105. The van der Waals surface area contributed by atoms with Crippen molar-refractivity contribution in [1.29, 1.82) is 0 Å². The number of nitrogens with one attached hydrogen (secondary N) is 2. The number of esters is 1. The van der Waals surface area contributed by atoms with Gasteiger partial charge in [0.05, 0.1) is 18.4 Å². The summed E-state index contributed by atoms with van der Waals surface area (Å²) < 4.78 is 18.1. The zero-order chi connectivity index (χ0) is 18.5. The van der Waals surface area contributed by atoms with E-state index in [1.807, 2.05) is 6.92 Å². The van der Waals surface area contributed by atoms with Crippen molar-refractivity contribution in [3.8, 4) is 0 Å². The maximum absolute atomic E-state index is 13.3. The van der Waals surface area contributed by atoms with E-state index in [0.29, 0.717) is 34.4 Å². The maximum atomic E-state index is 13.3. The summed E-state index contributed by atoms with van der Waals surface area (Å²) in [4.78, 5) is 20.6. The molecule has 0 bridgehead atoms. The van der Waals surface area contributed by atoms with Crippen LogP contribution in [0.3, 0.4) is 0 Å². The molecular formula is C19H17FN4O2. The summed E-state index contributed by atoms with van der Waals surface area (Å²) in [6.45, 7) is 1.82. The lowest BCUT2D eigenvalue weighted by Crippen LogP contribution is -2.07. The predicted molar refractivity (Wildman–Crippen MR) is 97.5 cm³/mol. The van der Waals surface area contributed by atoms with Gasteiger partial charge in [0.25, 0.3) is 0 Å². The molecule has 0 saturated heterocycles. The lowest BCUT2D eigenvalue weighted by Gasteiger charge is -2.12. The monoisotopic (exact) mass is 352 g/mol. The Labute approximate surface area is 150 Å². The average Bonchev–Trinajstić information content (AvgIpc) is 2.61. The Hall–Kier alpha value is -3.48. The first-order valence-electron chi connectivity index (χ1n) is 7.88. The Bertz CT molecular complexity index is 946. The van der Waals surface area contributed by atoms with E-state index in [-0.39, 0.29) is 5.82 Å². The Balaban J connectivity index is 1.88. The lowest BCUT2D eigenvalue weighted by atomic mass is 10.2. The summed E-state index contributed by atoms with van der Waals surface area (Å²) in [5.74, 6) is 0.00593. The van der Waals surface area contributed by atoms with E-state index in [4.69, 9.17) is 4.74 Å². The molecule has 0 aliphatic carbocycles. The molecule has 0 unspecified atom stereocenters. The minimum Gasteiger partial charge on any atom is -0.465 e. The van der Waals surface area contributed by atoms with Crippen LogP contribution in [0.15, 0.2) is 54.6 Å². The molecule has 0 aliphatic heterocycles. The van der Waals surface area contributed by atoms with Gasteiger partial charge < -0.3 is 15.4 Å². The molecule has 0 spiro atoms. The van der Waals surface area contributed by atoms with Gasteiger partial charge in [-0.3, -0.25) is 0 Å². The second-order valence-electron chi connectivity index (χ2n) is 5.52. The molecule has 7 heteroatoms. The highest BCUT2D eigenvalue weighted by Crippen LogP contribution is 2.22. The zero-order valence-electron chi connectivity index (χ0n) is 14.3. The Morgan fingerprint density at radius 2 is 1.85 bits per heavy atom. The van der Waals surface area contributed by atoms with Crippen molar-refractivity contribution in [3.63, 3.8) is 0 Å². The summed E-state index contributed by atoms with van der Waals surface area (Å²) in [5, 5.41) is 6.07. The minimum absolute atomic E-state index is 0.314. The molecule has 3 rings (SSSR count). The summed E-state index contributed by atoms with van der Waals surface area (Å²) in [6, 6.07) is 14.7. The van der Waals surface area contributed by atoms with E-state index in [1.165, 1.54) is 19.2 Å². The largest absolute Gasteiger partial charge is 0.465 e. The molecule has 2 aromatic carbocycles. The molecular weight excluding hydrogens is 335 g/mol. The third-order valence-electron chi connectivity index (χ3n) is 3.53. The predicted octanol–water partition coefficient (Wildman–Crippen LogP) is 4.20. The number of methoxy groups -OCH3 is 1. The molecule has 132 valence electrons. The van der Waals surface area contributed by atoms with Gasteiger partial charge in [-0.25, -0.2) is 14.2 Å². The van der Waals surface area contributed by atoms with Crippen LogP contribution in [0.2, 0.25) is 0 Å². The number of hydrogen-bond donors (Lipinski definition) is 2. The molecule has 0 radical (unpaired) electrons. The van der Waals surface area contributed by atoms with Gasteiger partial charge in [-0.1, -0.05) is 18.2 Å². The molecule has 2 N–H and O–H groups in total. The Kier molecular flexibility index (Phi) is 5.07. The second kappa shape index (κ2) is 7.60. The van der Waals surface area contributed by atoms with Crippen molar-refractivity contribution in [2.75, 3.05) is 17.7 Å². The fourth-order valence-corrected chi connectivity index (χ4v) is 2.40. The topological polar surface area (TPSA) is 76.1 Å². The quantitative estimate of drug-likeness (QED) is 0.670. The molecule has 1 aromatic heterocycles. The second-order valence-corrected chi connectivity index (χ2v) is 5.52. The van der Waals surface area contributed by atoms with E-state index in [0.717, 1.165) is 0 Å². The number of rotatable bonds is 5. The number of carbonyl (C=O) groups excluding carboxylic acids is 1. The number of aryl methyl sites for hydroxylation is 1. The first kappa shape index (κ1) is 17.3. The lowest BCUT2D eigenvalue weighted by molar-refractivity contribution is 0.0602. The first-order valence-corrected chi connectivity index (χ1v) is 7.88. The molecule has 26 heavy (non-hydrogen) atoms. The molecule has 0 amide bonds. The number of nitrogens with zero attached hydrogens (tertiary/aromatic N) is 2. The van der Waals surface area contributed by atoms with Crippen molar-refractivity contribution in [2.24, 2.45) is 0 Å². The number of hydrogen-bond acceptors (Lipinski definition) is 6. The van der Waals surface area contributed by atoms with Crippen LogP contribution in [0, 0.1) is 12.7 Å². The normalized spacial score (nSPS) is 10.3. The van der Waals surface area contributed by atoms with E-state index < -0.39 is 5.97 Å². The van der Waals surface area contributed by atoms with Crippen LogP contribution in [-0.2, 0) is 4.74 Å².